The smallest absolute Gasteiger partial charge is 0.323 e. The summed E-state index contributed by atoms with van der Waals surface area (Å²) in [6.45, 7) is 7.16. The zero-order chi connectivity index (χ0) is 15.9. The Bertz CT molecular complexity index is 362. The largest absolute Gasteiger partial charge is 0.465 e. The third-order valence-electron chi connectivity index (χ3n) is 4.56. The Morgan fingerprint density at radius 2 is 1.43 bits per heavy atom. The summed E-state index contributed by atoms with van der Waals surface area (Å²) in [7, 11) is 0. The monoisotopic (exact) mass is 348 g/mol. The van der Waals surface area contributed by atoms with Crippen molar-refractivity contribution in [2.24, 2.45) is 5.92 Å². The summed E-state index contributed by atoms with van der Waals surface area (Å²) in [5, 5.41) is 3.35. The van der Waals surface area contributed by atoms with Crippen LogP contribution in [0.1, 0.15) is 39.5 Å². The highest BCUT2D eigenvalue weighted by atomic mass is 35.5. The lowest BCUT2D eigenvalue weighted by atomic mass is 9.97. The van der Waals surface area contributed by atoms with Gasteiger partial charge in [0.25, 0.3) is 0 Å². The first-order valence-corrected chi connectivity index (χ1v) is 8.47. The van der Waals surface area contributed by atoms with Gasteiger partial charge in [-0.05, 0) is 58.5 Å². The summed E-state index contributed by atoms with van der Waals surface area (Å²) in [6, 6.07) is -0.603. The Morgan fingerprint density at radius 3 is 1.87 bits per heavy atom. The van der Waals surface area contributed by atoms with E-state index in [1.54, 1.807) is 0 Å². The summed E-state index contributed by atoms with van der Waals surface area (Å²) < 4.78 is 10.4. The number of esters is 2. The number of ether oxygens (including phenoxy) is 2. The molecular formula is C16H29ClN2O4. The first kappa shape index (κ1) is 20.2. The third-order valence-corrected chi connectivity index (χ3v) is 4.56. The van der Waals surface area contributed by atoms with Gasteiger partial charge >= 0.3 is 11.9 Å². The molecule has 0 aromatic heterocycles. The maximum atomic E-state index is 12.2. The zero-order valence-corrected chi connectivity index (χ0v) is 14.9. The lowest BCUT2D eigenvalue weighted by Crippen LogP contribution is -2.48. The minimum Gasteiger partial charge on any atom is -0.465 e. The number of hydrogen-bond donors (Lipinski definition) is 1. The molecule has 2 fully saturated rings. The van der Waals surface area contributed by atoms with Crippen molar-refractivity contribution < 1.29 is 19.1 Å². The molecule has 2 aliphatic rings. The molecule has 2 heterocycles. The fourth-order valence-electron chi connectivity index (χ4n) is 3.46. The predicted molar refractivity (Wildman–Crippen MR) is 89.6 cm³/mol. The van der Waals surface area contributed by atoms with Gasteiger partial charge in [0.15, 0.2) is 0 Å². The van der Waals surface area contributed by atoms with Gasteiger partial charge in [0, 0.05) is 6.54 Å². The van der Waals surface area contributed by atoms with E-state index in [0.717, 1.165) is 32.5 Å². The average Bonchev–Trinajstić information content (AvgIpc) is 2.92. The number of carbonyl (C=O) groups is 2. The molecule has 2 atom stereocenters. The highest BCUT2D eigenvalue weighted by Crippen LogP contribution is 2.29. The van der Waals surface area contributed by atoms with E-state index in [2.05, 4.69) is 5.32 Å². The number of likely N-dealkylation sites (tertiary alicyclic amines) is 1. The van der Waals surface area contributed by atoms with E-state index in [1.165, 1.54) is 0 Å². The van der Waals surface area contributed by atoms with Gasteiger partial charge in [-0.25, -0.2) is 0 Å². The first-order chi connectivity index (χ1) is 10.7. The van der Waals surface area contributed by atoms with E-state index in [4.69, 9.17) is 9.47 Å². The van der Waals surface area contributed by atoms with Crippen molar-refractivity contribution in [2.45, 2.75) is 51.6 Å². The molecule has 0 aromatic rings. The molecule has 7 heteroatoms. The lowest BCUT2D eigenvalue weighted by molar-refractivity contribution is -0.153. The Kier molecular flexibility index (Phi) is 8.87. The average molecular weight is 349 g/mol. The molecule has 0 spiro atoms. The van der Waals surface area contributed by atoms with Gasteiger partial charge in [-0.3, -0.25) is 14.5 Å². The number of hydrogen-bond acceptors (Lipinski definition) is 6. The summed E-state index contributed by atoms with van der Waals surface area (Å²) in [5.41, 5.74) is 0. The van der Waals surface area contributed by atoms with Crippen LogP contribution in [0.2, 0.25) is 0 Å². The number of rotatable bonds is 6. The van der Waals surface area contributed by atoms with Crippen LogP contribution in [0.4, 0.5) is 0 Å². The molecule has 0 amide bonds. The quantitative estimate of drug-likeness (QED) is 0.731. The standard InChI is InChI=1S/C16H28N2O4.ClH/c1-3-21-15(19)13-5-6-14(16(20)22-4-2)18(13)11-12-7-9-17-10-8-12;/h12-14,17H,3-11H2,1-2H3;1H/t13-,14-;/m1./s1. The maximum absolute atomic E-state index is 12.2. The molecule has 134 valence electrons. The highest BCUT2D eigenvalue weighted by Gasteiger charge is 2.43. The zero-order valence-electron chi connectivity index (χ0n) is 14.1. The van der Waals surface area contributed by atoms with E-state index >= 15 is 0 Å². The van der Waals surface area contributed by atoms with Crippen LogP contribution in [-0.2, 0) is 19.1 Å². The summed E-state index contributed by atoms with van der Waals surface area (Å²) in [6.07, 6.45) is 3.52. The molecule has 1 N–H and O–H groups in total. The Hall–Kier alpha value is -0.850. The van der Waals surface area contributed by atoms with Crippen molar-refractivity contribution >= 4 is 24.3 Å². The van der Waals surface area contributed by atoms with Crippen LogP contribution >= 0.6 is 12.4 Å². The molecule has 0 unspecified atom stereocenters. The van der Waals surface area contributed by atoms with E-state index in [9.17, 15) is 9.59 Å². The Balaban J connectivity index is 0.00000264. The van der Waals surface area contributed by atoms with Gasteiger partial charge in [-0.15, -0.1) is 12.4 Å². The molecule has 0 saturated carbocycles. The van der Waals surface area contributed by atoms with Crippen LogP contribution < -0.4 is 5.32 Å². The van der Waals surface area contributed by atoms with Crippen molar-refractivity contribution in [3.63, 3.8) is 0 Å². The van der Waals surface area contributed by atoms with Gasteiger partial charge in [-0.1, -0.05) is 0 Å². The van der Waals surface area contributed by atoms with Crippen LogP contribution in [0.5, 0.6) is 0 Å². The second kappa shape index (κ2) is 10.1. The van der Waals surface area contributed by atoms with Crippen molar-refractivity contribution in [3.8, 4) is 0 Å². The fourth-order valence-corrected chi connectivity index (χ4v) is 3.46. The third kappa shape index (κ3) is 5.33. The number of halogens is 1. The van der Waals surface area contributed by atoms with Crippen molar-refractivity contribution in [1.82, 2.24) is 10.2 Å². The lowest BCUT2D eigenvalue weighted by Gasteiger charge is -2.33. The van der Waals surface area contributed by atoms with Crippen molar-refractivity contribution in [2.75, 3.05) is 32.8 Å². The maximum Gasteiger partial charge on any atom is 0.323 e. The highest BCUT2D eigenvalue weighted by molar-refractivity contribution is 5.85. The second-order valence-electron chi connectivity index (χ2n) is 6.00. The van der Waals surface area contributed by atoms with Gasteiger partial charge in [-0.2, -0.15) is 0 Å². The molecular weight excluding hydrogens is 320 g/mol. The molecule has 0 radical (unpaired) electrons. The van der Waals surface area contributed by atoms with Crippen LogP contribution in [0.25, 0.3) is 0 Å². The van der Waals surface area contributed by atoms with Crippen molar-refractivity contribution in [3.05, 3.63) is 0 Å². The fraction of sp³-hybridized carbons (Fsp3) is 0.875. The van der Waals surface area contributed by atoms with Gasteiger partial charge in [0.2, 0.25) is 0 Å². The van der Waals surface area contributed by atoms with E-state index in [1.807, 2.05) is 18.7 Å². The molecule has 6 nitrogen and oxygen atoms in total. The normalized spacial score (nSPS) is 25.7. The minimum atomic E-state index is -0.302. The van der Waals surface area contributed by atoms with E-state index in [-0.39, 0.29) is 36.4 Å². The Morgan fingerprint density at radius 1 is 0.957 bits per heavy atom. The van der Waals surface area contributed by atoms with Crippen LogP contribution in [0, 0.1) is 5.92 Å². The van der Waals surface area contributed by atoms with E-state index < -0.39 is 0 Å². The minimum absolute atomic E-state index is 0. The van der Waals surface area contributed by atoms with Crippen molar-refractivity contribution in [1.29, 1.82) is 0 Å². The predicted octanol–water partition coefficient (Wildman–Crippen LogP) is 1.37. The molecule has 2 rings (SSSR count). The van der Waals surface area contributed by atoms with E-state index in [0.29, 0.717) is 32.0 Å². The first-order valence-electron chi connectivity index (χ1n) is 8.47. The molecule has 0 aliphatic carbocycles. The molecule has 0 bridgehead atoms. The van der Waals surface area contributed by atoms with Crippen LogP contribution in [-0.4, -0.2) is 61.8 Å². The van der Waals surface area contributed by atoms with Gasteiger partial charge in [0.1, 0.15) is 12.1 Å². The number of nitrogens with one attached hydrogen (secondary N) is 1. The second-order valence-corrected chi connectivity index (χ2v) is 6.00. The molecule has 2 aliphatic heterocycles. The van der Waals surface area contributed by atoms with Gasteiger partial charge in [0.05, 0.1) is 13.2 Å². The summed E-state index contributed by atoms with van der Waals surface area (Å²) >= 11 is 0. The van der Waals surface area contributed by atoms with Gasteiger partial charge < -0.3 is 14.8 Å². The summed E-state index contributed by atoms with van der Waals surface area (Å²) in [4.78, 5) is 26.4. The Labute approximate surface area is 144 Å². The molecule has 0 aromatic carbocycles. The van der Waals surface area contributed by atoms with Crippen LogP contribution in [0.15, 0.2) is 0 Å². The number of carbonyl (C=O) groups excluding carboxylic acids is 2. The summed E-state index contributed by atoms with van der Waals surface area (Å²) in [5.74, 6) is 0.111. The topological polar surface area (TPSA) is 67.9 Å². The van der Waals surface area contributed by atoms with Crippen LogP contribution in [0.3, 0.4) is 0 Å². The number of nitrogens with zero attached hydrogens (tertiary/aromatic N) is 1. The molecule has 23 heavy (non-hydrogen) atoms. The number of piperidine rings is 1. The molecule has 2 saturated heterocycles. The SMILES string of the molecule is CCOC(=O)[C@H]1CC[C@H](C(=O)OCC)N1CC1CCNCC1.Cl.